The van der Waals surface area contributed by atoms with Crippen molar-refractivity contribution >= 4 is 11.9 Å². The monoisotopic (exact) mass is 386 g/mol. The first-order valence-corrected chi connectivity index (χ1v) is 8.98. The summed E-state index contributed by atoms with van der Waals surface area (Å²) in [7, 11) is 0. The lowest BCUT2D eigenvalue weighted by Gasteiger charge is -2.29. The minimum atomic E-state index is -3.87. The molecule has 0 aromatic heterocycles. The maximum absolute atomic E-state index is 15.1. The molecule has 1 fully saturated rings. The molecule has 0 spiro atoms. The van der Waals surface area contributed by atoms with Gasteiger partial charge in [-0.2, -0.15) is 8.78 Å². The van der Waals surface area contributed by atoms with Gasteiger partial charge in [0, 0.05) is 0 Å². The zero-order chi connectivity index (χ0) is 20.1. The van der Waals surface area contributed by atoms with Crippen molar-refractivity contribution in [1.82, 2.24) is 0 Å². The van der Waals surface area contributed by atoms with Crippen LogP contribution < -0.4 is 9.47 Å². The van der Waals surface area contributed by atoms with Gasteiger partial charge in [-0.25, -0.2) is 4.79 Å². The smallest absolute Gasteiger partial charge is 0.382 e. The largest absolute Gasteiger partial charge is 0.426 e. The predicted molar refractivity (Wildman–Crippen MR) is 98.5 cm³/mol. The molecule has 1 aliphatic carbocycles. The molecule has 146 valence electrons. The molecule has 6 heteroatoms. The Labute approximate surface area is 162 Å². The van der Waals surface area contributed by atoms with E-state index in [1.54, 1.807) is 48.5 Å². The van der Waals surface area contributed by atoms with Crippen molar-refractivity contribution in [2.75, 3.05) is 0 Å². The Morgan fingerprint density at radius 2 is 1.50 bits per heavy atom. The van der Waals surface area contributed by atoms with Gasteiger partial charge in [-0.15, -0.1) is 0 Å². The number of rotatable bonds is 6. The van der Waals surface area contributed by atoms with E-state index in [1.807, 2.05) is 0 Å². The van der Waals surface area contributed by atoms with Gasteiger partial charge in [-0.1, -0.05) is 43.3 Å². The standard InChI is InChI=1S/C22H20F2O4/c1-2-15-13-14-18(20(25)27-16-9-5-3-6-10-16)19(15)22(23,24)21(26)28-17-11-7-4-8-12-17/h3-12,14-15,18-19H,1-2,13H2. The van der Waals surface area contributed by atoms with Crippen molar-refractivity contribution < 1.29 is 27.8 Å². The van der Waals surface area contributed by atoms with E-state index in [-0.39, 0.29) is 24.3 Å². The highest BCUT2D eigenvalue weighted by Gasteiger charge is 2.59. The molecular formula is C22H20F2O4. The molecule has 3 unspecified atom stereocenters. The maximum atomic E-state index is 15.1. The zero-order valence-corrected chi connectivity index (χ0v) is 15.1. The quantitative estimate of drug-likeness (QED) is 0.541. The summed E-state index contributed by atoms with van der Waals surface area (Å²) in [6.07, 6.45) is 1.89. The summed E-state index contributed by atoms with van der Waals surface area (Å²) in [6.45, 7) is 3.69. The van der Waals surface area contributed by atoms with Gasteiger partial charge in [0.15, 0.2) is 0 Å². The molecule has 3 rings (SSSR count). The van der Waals surface area contributed by atoms with Crippen molar-refractivity contribution in [2.24, 2.45) is 17.8 Å². The molecular weight excluding hydrogens is 366 g/mol. The lowest BCUT2D eigenvalue weighted by atomic mass is 9.82. The third-order valence-corrected chi connectivity index (χ3v) is 4.84. The lowest BCUT2D eigenvalue weighted by molar-refractivity contribution is -0.177. The van der Waals surface area contributed by atoms with E-state index in [0.717, 1.165) is 0 Å². The summed E-state index contributed by atoms with van der Waals surface area (Å²) < 4.78 is 40.2. The van der Waals surface area contributed by atoms with Crippen molar-refractivity contribution in [3.8, 4) is 11.5 Å². The first-order valence-electron chi connectivity index (χ1n) is 8.98. The van der Waals surface area contributed by atoms with Crippen molar-refractivity contribution in [3.05, 3.63) is 74.0 Å². The summed E-state index contributed by atoms with van der Waals surface area (Å²) in [5, 5.41) is 0. The second kappa shape index (κ2) is 8.50. The molecule has 28 heavy (non-hydrogen) atoms. The van der Waals surface area contributed by atoms with Gasteiger partial charge in [0.2, 0.25) is 0 Å². The van der Waals surface area contributed by atoms with Gasteiger partial charge in [0.05, 0.1) is 11.8 Å². The van der Waals surface area contributed by atoms with E-state index in [1.165, 1.54) is 18.6 Å². The van der Waals surface area contributed by atoms with Crippen LogP contribution in [0.15, 0.2) is 60.7 Å². The number of alkyl halides is 2. The number of ether oxygens (including phenoxy) is 2. The van der Waals surface area contributed by atoms with Crippen molar-refractivity contribution in [2.45, 2.75) is 18.8 Å². The third-order valence-electron chi connectivity index (χ3n) is 4.84. The minimum Gasteiger partial charge on any atom is -0.426 e. The zero-order valence-electron chi connectivity index (χ0n) is 15.1. The Balaban J connectivity index is 1.80. The highest BCUT2D eigenvalue weighted by atomic mass is 19.3. The number of hydrogen-bond acceptors (Lipinski definition) is 4. The van der Waals surface area contributed by atoms with Gasteiger partial charge in [-0.05, 0) is 49.4 Å². The molecule has 2 aromatic carbocycles. The molecule has 0 amide bonds. The Morgan fingerprint density at radius 3 is 2.04 bits per heavy atom. The summed E-state index contributed by atoms with van der Waals surface area (Å²) in [5.41, 5.74) is 0. The molecule has 4 nitrogen and oxygen atoms in total. The van der Waals surface area contributed by atoms with Crippen LogP contribution in [0.2, 0.25) is 0 Å². The van der Waals surface area contributed by atoms with Crippen LogP contribution in [0.5, 0.6) is 11.5 Å². The summed E-state index contributed by atoms with van der Waals surface area (Å²) in [4.78, 5) is 24.8. The fraction of sp³-hybridized carbons (Fsp3) is 0.273. The molecule has 0 saturated heterocycles. The normalized spacial score (nSPS) is 21.9. The van der Waals surface area contributed by atoms with Gasteiger partial charge < -0.3 is 9.47 Å². The third kappa shape index (κ3) is 4.21. The number of carbonyl (C=O) groups is 2. The molecule has 0 heterocycles. The van der Waals surface area contributed by atoms with Crippen LogP contribution in [0.25, 0.3) is 0 Å². The number of carbonyl (C=O) groups excluding carboxylic acids is 2. The van der Waals surface area contributed by atoms with Crippen molar-refractivity contribution in [3.63, 3.8) is 0 Å². The van der Waals surface area contributed by atoms with E-state index >= 15 is 8.78 Å². The maximum Gasteiger partial charge on any atom is 0.382 e. The Bertz CT molecular complexity index is 808. The lowest BCUT2D eigenvalue weighted by Crippen LogP contribution is -2.47. The Morgan fingerprint density at radius 1 is 0.964 bits per heavy atom. The van der Waals surface area contributed by atoms with Gasteiger partial charge >= 0.3 is 17.9 Å². The van der Waals surface area contributed by atoms with Crippen LogP contribution in [0.3, 0.4) is 0 Å². The van der Waals surface area contributed by atoms with E-state index in [2.05, 4.69) is 6.92 Å². The van der Waals surface area contributed by atoms with Crippen LogP contribution in [-0.2, 0) is 9.59 Å². The molecule has 3 atom stereocenters. The van der Waals surface area contributed by atoms with Crippen LogP contribution in [0.4, 0.5) is 8.78 Å². The summed E-state index contributed by atoms with van der Waals surface area (Å²) in [6, 6.07) is 15.8. The fourth-order valence-electron chi connectivity index (χ4n) is 3.44. The number of hydrogen-bond donors (Lipinski definition) is 0. The fourth-order valence-corrected chi connectivity index (χ4v) is 3.44. The van der Waals surface area contributed by atoms with E-state index < -0.39 is 35.6 Å². The van der Waals surface area contributed by atoms with Gasteiger partial charge in [0.1, 0.15) is 11.5 Å². The first kappa shape index (κ1) is 20.0. The minimum absolute atomic E-state index is 0.0173. The van der Waals surface area contributed by atoms with Crippen LogP contribution >= 0.6 is 0 Å². The predicted octanol–water partition coefficient (Wildman–Crippen LogP) is 4.51. The van der Waals surface area contributed by atoms with Crippen LogP contribution in [0.1, 0.15) is 12.8 Å². The second-order valence-corrected chi connectivity index (χ2v) is 6.63. The molecule has 0 N–H and O–H groups in total. The first-order chi connectivity index (χ1) is 13.4. The number of para-hydroxylation sites is 2. The second-order valence-electron chi connectivity index (χ2n) is 6.63. The molecule has 0 bridgehead atoms. The highest BCUT2D eigenvalue weighted by Crippen LogP contribution is 2.48. The number of halogens is 2. The van der Waals surface area contributed by atoms with Crippen molar-refractivity contribution in [1.29, 1.82) is 0 Å². The SMILES string of the molecule is [CH2]CC1C[CH]C(C(=O)Oc2ccccc2)C1C(F)(F)C(=O)Oc1ccccc1. The van der Waals surface area contributed by atoms with E-state index in [0.29, 0.717) is 0 Å². The van der Waals surface area contributed by atoms with Gasteiger partial charge in [0.25, 0.3) is 0 Å². The average Bonchev–Trinajstić information content (AvgIpc) is 3.14. The Hall–Kier alpha value is -2.76. The summed E-state index contributed by atoms with van der Waals surface area (Å²) >= 11 is 0. The highest BCUT2D eigenvalue weighted by molar-refractivity contribution is 5.83. The topological polar surface area (TPSA) is 52.6 Å². The van der Waals surface area contributed by atoms with Crippen LogP contribution in [0, 0.1) is 31.1 Å². The van der Waals surface area contributed by atoms with E-state index in [4.69, 9.17) is 9.47 Å². The summed E-state index contributed by atoms with van der Waals surface area (Å²) in [5.74, 6) is -9.54. The van der Waals surface area contributed by atoms with Gasteiger partial charge in [-0.3, -0.25) is 4.79 Å². The molecule has 2 radical (unpaired) electrons. The number of esters is 2. The average molecular weight is 386 g/mol. The molecule has 0 aliphatic heterocycles. The molecule has 2 aromatic rings. The molecule has 1 aliphatic rings. The number of benzene rings is 2. The Kier molecular flexibility index (Phi) is 6.07. The van der Waals surface area contributed by atoms with E-state index in [9.17, 15) is 9.59 Å². The van der Waals surface area contributed by atoms with Crippen LogP contribution in [-0.4, -0.2) is 17.9 Å². The molecule has 1 saturated carbocycles.